The third-order valence-corrected chi connectivity index (χ3v) is 3.23. The molecule has 0 atom stereocenters. The van der Waals surface area contributed by atoms with E-state index in [1.807, 2.05) is 11.9 Å². The fourth-order valence-corrected chi connectivity index (χ4v) is 2.09. The summed E-state index contributed by atoms with van der Waals surface area (Å²) >= 11 is 0. The summed E-state index contributed by atoms with van der Waals surface area (Å²) in [5.74, 6) is 0.481. The van der Waals surface area contributed by atoms with Crippen LogP contribution < -0.4 is 11.1 Å². The van der Waals surface area contributed by atoms with Gasteiger partial charge in [0.2, 0.25) is 0 Å². The Labute approximate surface area is 156 Å². The topological polar surface area (TPSA) is 83.9 Å². The Morgan fingerprint density at radius 1 is 1.29 bits per heavy atom. The van der Waals surface area contributed by atoms with Gasteiger partial charge in [0.25, 0.3) is 5.91 Å². The molecule has 2 rings (SSSR count). The fraction of sp³-hybridized carbons (Fsp3) is 0.250. The van der Waals surface area contributed by atoms with Crippen LogP contribution >= 0.6 is 24.0 Å². The molecule has 2 aromatic rings. The van der Waals surface area contributed by atoms with Gasteiger partial charge in [-0.1, -0.05) is 12.1 Å². The van der Waals surface area contributed by atoms with Crippen LogP contribution in [-0.2, 0) is 13.1 Å². The number of rotatable bonds is 5. The minimum absolute atomic E-state index is 0. The molecular weight excluding hydrogens is 426 g/mol. The molecular formula is C16H20FIN4O2. The zero-order valence-electron chi connectivity index (χ0n) is 13.5. The van der Waals surface area contributed by atoms with Crippen LogP contribution in [0, 0.1) is 5.82 Å². The van der Waals surface area contributed by atoms with Crippen molar-refractivity contribution in [2.24, 2.45) is 10.7 Å². The van der Waals surface area contributed by atoms with Crippen molar-refractivity contribution in [3.63, 3.8) is 0 Å². The van der Waals surface area contributed by atoms with E-state index in [4.69, 9.17) is 10.2 Å². The number of aliphatic imine (C=N–C) groups is 1. The lowest BCUT2D eigenvalue weighted by Gasteiger charge is -2.21. The van der Waals surface area contributed by atoms with Crippen molar-refractivity contribution in [1.82, 2.24) is 10.2 Å². The lowest BCUT2D eigenvalue weighted by atomic mass is 10.2. The van der Waals surface area contributed by atoms with Gasteiger partial charge in [0, 0.05) is 20.6 Å². The molecule has 0 radical (unpaired) electrons. The van der Waals surface area contributed by atoms with E-state index < -0.39 is 5.91 Å². The minimum Gasteiger partial charge on any atom is -0.454 e. The van der Waals surface area contributed by atoms with E-state index in [0.29, 0.717) is 24.8 Å². The van der Waals surface area contributed by atoms with Crippen LogP contribution in [-0.4, -0.2) is 30.9 Å². The maximum Gasteiger partial charge on any atom is 0.284 e. The highest BCUT2D eigenvalue weighted by Crippen LogP contribution is 2.08. The summed E-state index contributed by atoms with van der Waals surface area (Å²) in [4.78, 5) is 17.1. The molecule has 0 saturated heterocycles. The number of primary amides is 1. The Hall–Kier alpha value is -2.10. The molecule has 0 unspecified atom stereocenters. The first-order valence-electron chi connectivity index (χ1n) is 7.04. The van der Waals surface area contributed by atoms with E-state index >= 15 is 0 Å². The highest BCUT2D eigenvalue weighted by atomic mass is 127. The number of benzene rings is 1. The molecule has 0 aliphatic heterocycles. The van der Waals surface area contributed by atoms with Gasteiger partial charge in [0.1, 0.15) is 11.6 Å². The van der Waals surface area contributed by atoms with Crippen LogP contribution in [0.1, 0.15) is 21.9 Å². The second kappa shape index (κ2) is 9.26. The number of amides is 1. The van der Waals surface area contributed by atoms with Crippen LogP contribution in [0.15, 0.2) is 45.8 Å². The summed E-state index contributed by atoms with van der Waals surface area (Å²) < 4.78 is 18.2. The van der Waals surface area contributed by atoms with Crippen LogP contribution in [0.2, 0.25) is 0 Å². The predicted octanol–water partition coefficient (Wildman–Crippen LogP) is 2.34. The van der Waals surface area contributed by atoms with Gasteiger partial charge in [-0.2, -0.15) is 0 Å². The summed E-state index contributed by atoms with van der Waals surface area (Å²) in [6.45, 7) is 0.943. The molecule has 24 heavy (non-hydrogen) atoms. The number of hydrogen-bond donors (Lipinski definition) is 2. The Bertz CT molecular complexity index is 700. The van der Waals surface area contributed by atoms with Crippen molar-refractivity contribution in [2.75, 3.05) is 14.1 Å². The van der Waals surface area contributed by atoms with Gasteiger partial charge in [0.15, 0.2) is 11.7 Å². The number of furan rings is 1. The number of nitrogens with one attached hydrogen (secondary N) is 1. The van der Waals surface area contributed by atoms with Crippen molar-refractivity contribution in [3.8, 4) is 0 Å². The minimum atomic E-state index is -0.603. The predicted molar refractivity (Wildman–Crippen MR) is 101 cm³/mol. The van der Waals surface area contributed by atoms with Crippen molar-refractivity contribution in [1.29, 1.82) is 0 Å². The Morgan fingerprint density at radius 2 is 1.96 bits per heavy atom. The number of hydrogen-bond acceptors (Lipinski definition) is 3. The molecule has 130 valence electrons. The molecule has 1 aromatic heterocycles. The molecule has 0 saturated carbocycles. The molecule has 6 nitrogen and oxygen atoms in total. The number of carbonyl (C=O) groups is 1. The first-order valence-corrected chi connectivity index (χ1v) is 7.04. The molecule has 0 spiro atoms. The van der Waals surface area contributed by atoms with Crippen LogP contribution in [0.3, 0.4) is 0 Å². The summed E-state index contributed by atoms with van der Waals surface area (Å²) in [6.07, 6.45) is 0. The van der Waals surface area contributed by atoms with Gasteiger partial charge >= 0.3 is 0 Å². The van der Waals surface area contributed by atoms with Crippen molar-refractivity contribution >= 4 is 35.8 Å². The Balaban J connectivity index is 0.00000288. The molecule has 1 aromatic carbocycles. The zero-order chi connectivity index (χ0) is 16.8. The molecule has 0 aliphatic carbocycles. The summed E-state index contributed by atoms with van der Waals surface area (Å²) in [5.41, 5.74) is 6.11. The van der Waals surface area contributed by atoms with Crippen molar-refractivity contribution < 1.29 is 13.6 Å². The fourth-order valence-electron chi connectivity index (χ4n) is 2.09. The van der Waals surface area contributed by atoms with Crippen molar-refractivity contribution in [2.45, 2.75) is 13.1 Å². The molecule has 0 bridgehead atoms. The van der Waals surface area contributed by atoms with E-state index in [2.05, 4.69) is 10.3 Å². The number of halogens is 2. The molecule has 1 heterocycles. The van der Waals surface area contributed by atoms with Gasteiger partial charge in [-0.05, 0) is 29.8 Å². The van der Waals surface area contributed by atoms with Crippen LogP contribution in [0.5, 0.6) is 0 Å². The van der Waals surface area contributed by atoms with Crippen LogP contribution in [0.4, 0.5) is 4.39 Å². The smallest absolute Gasteiger partial charge is 0.284 e. The van der Waals surface area contributed by atoms with Crippen LogP contribution in [0.25, 0.3) is 0 Å². The second-order valence-electron chi connectivity index (χ2n) is 5.01. The number of nitrogens with zero attached hydrogens (tertiary/aromatic N) is 2. The maximum atomic E-state index is 12.9. The third kappa shape index (κ3) is 5.52. The number of carbonyl (C=O) groups excluding carboxylic acids is 1. The summed E-state index contributed by atoms with van der Waals surface area (Å²) in [7, 11) is 3.54. The Morgan fingerprint density at radius 3 is 2.50 bits per heavy atom. The van der Waals surface area contributed by atoms with E-state index in [1.165, 1.54) is 18.2 Å². The highest BCUT2D eigenvalue weighted by Gasteiger charge is 2.10. The van der Waals surface area contributed by atoms with E-state index in [9.17, 15) is 9.18 Å². The van der Waals surface area contributed by atoms with Gasteiger partial charge in [-0.25, -0.2) is 4.39 Å². The largest absolute Gasteiger partial charge is 0.454 e. The monoisotopic (exact) mass is 446 g/mol. The summed E-state index contributed by atoms with van der Waals surface area (Å²) in [6, 6.07) is 9.52. The summed E-state index contributed by atoms with van der Waals surface area (Å²) in [5, 5.41) is 3.13. The standard InChI is InChI=1S/C16H19FN4O2.HI/c1-19-16(20-9-13-7-8-14(23-13)15(18)22)21(2)10-11-3-5-12(17)6-4-11;/h3-8H,9-10H2,1-2H3,(H2,18,22)(H,19,20);1H. The van der Waals surface area contributed by atoms with E-state index in [1.54, 1.807) is 25.2 Å². The molecule has 0 aliphatic rings. The lowest BCUT2D eigenvalue weighted by Crippen LogP contribution is -2.37. The SMILES string of the molecule is CN=C(NCc1ccc(C(N)=O)o1)N(C)Cc1ccc(F)cc1.I. The normalized spacial score (nSPS) is 10.9. The maximum absolute atomic E-state index is 12.9. The van der Waals surface area contributed by atoms with Gasteiger partial charge < -0.3 is 20.4 Å². The quantitative estimate of drug-likeness (QED) is 0.420. The second-order valence-corrected chi connectivity index (χ2v) is 5.01. The van der Waals surface area contributed by atoms with E-state index in [-0.39, 0.29) is 35.6 Å². The molecule has 0 fully saturated rings. The zero-order valence-corrected chi connectivity index (χ0v) is 15.8. The van der Waals surface area contributed by atoms with E-state index in [0.717, 1.165) is 5.56 Å². The first-order chi connectivity index (χ1) is 11.0. The molecule has 3 N–H and O–H groups in total. The van der Waals surface area contributed by atoms with Gasteiger partial charge in [-0.15, -0.1) is 24.0 Å². The first kappa shape index (κ1) is 19.9. The highest BCUT2D eigenvalue weighted by molar-refractivity contribution is 14.0. The Kier molecular flexibility index (Phi) is 7.69. The average molecular weight is 446 g/mol. The van der Waals surface area contributed by atoms with Gasteiger partial charge in [-0.3, -0.25) is 9.79 Å². The van der Waals surface area contributed by atoms with Crippen molar-refractivity contribution in [3.05, 3.63) is 59.3 Å². The molecule has 1 amide bonds. The lowest BCUT2D eigenvalue weighted by molar-refractivity contribution is 0.0972. The number of nitrogens with two attached hydrogens (primary N) is 1. The number of guanidine groups is 1. The third-order valence-electron chi connectivity index (χ3n) is 3.23. The van der Waals surface area contributed by atoms with Gasteiger partial charge in [0.05, 0.1) is 6.54 Å². The molecule has 8 heteroatoms. The average Bonchev–Trinajstić information content (AvgIpc) is 2.99.